The molecule has 2 nitrogen and oxygen atoms in total. The van der Waals surface area contributed by atoms with Crippen LogP contribution in [-0.4, -0.2) is 20.9 Å². The van der Waals surface area contributed by atoms with Crippen molar-refractivity contribution in [1.29, 1.82) is 0 Å². The lowest BCUT2D eigenvalue weighted by Gasteiger charge is -2.14. The molecule has 0 N–H and O–H groups in total. The van der Waals surface area contributed by atoms with E-state index in [1.54, 1.807) is 27.2 Å². The molecular weight excluding hydrogens is 183 g/mol. The number of rotatable bonds is 4. The second kappa shape index (κ2) is 4.84. The first-order valence-corrected chi connectivity index (χ1v) is 4.34. The summed E-state index contributed by atoms with van der Waals surface area (Å²) in [5.41, 5.74) is 0.759. The molecule has 1 rings (SSSR count). The molecule has 0 spiro atoms. The summed E-state index contributed by atoms with van der Waals surface area (Å²) in [6.07, 6.45) is 0. The maximum atomic E-state index is 12.5. The molecule has 77 valence electrons. The molecule has 1 radical (unpaired) electrons. The van der Waals surface area contributed by atoms with Crippen molar-refractivity contribution in [1.82, 2.24) is 0 Å². The van der Waals surface area contributed by atoms with Gasteiger partial charge >= 0.3 is 0 Å². The Labute approximate surface area is 83.6 Å². The Balaban J connectivity index is 3.14. The lowest BCUT2D eigenvalue weighted by Crippen LogP contribution is -2.01. The van der Waals surface area contributed by atoms with Crippen LogP contribution in [0.25, 0.3) is 0 Å². The summed E-state index contributed by atoms with van der Waals surface area (Å²) in [5, 5.41) is 0. The Morgan fingerprint density at radius 3 is 2.50 bits per heavy atom. The van der Waals surface area contributed by atoms with Gasteiger partial charge in [-0.2, -0.15) is 0 Å². The minimum atomic E-state index is -0.483. The molecule has 0 aliphatic heterocycles. The number of benzene rings is 1. The van der Waals surface area contributed by atoms with Gasteiger partial charge in [0.1, 0.15) is 0 Å². The van der Waals surface area contributed by atoms with Crippen LogP contribution in [0.1, 0.15) is 12.5 Å². The second-order valence-corrected chi connectivity index (χ2v) is 2.96. The van der Waals surface area contributed by atoms with Crippen LogP contribution in [0.4, 0.5) is 4.39 Å². The highest BCUT2D eigenvalue weighted by molar-refractivity contribution is 5.52. The first-order chi connectivity index (χ1) is 6.74. The summed E-state index contributed by atoms with van der Waals surface area (Å²) in [4.78, 5) is 0. The van der Waals surface area contributed by atoms with Crippen molar-refractivity contribution in [3.63, 3.8) is 0 Å². The zero-order valence-electron chi connectivity index (χ0n) is 8.63. The third-order valence-corrected chi connectivity index (χ3v) is 2.06. The highest BCUT2D eigenvalue weighted by Crippen LogP contribution is 2.34. The van der Waals surface area contributed by atoms with Crippen molar-refractivity contribution in [2.45, 2.75) is 6.92 Å². The van der Waals surface area contributed by atoms with E-state index in [9.17, 15) is 4.39 Å². The highest BCUT2D eigenvalue weighted by atomic mass is 19.1. The fraction of sp³-hybridized carbons (Fsp3) is 0.364. The summed E-state index contributed by atoms with van der Waals surface area (Å²) in [7, 11) is 3.11. The molecule has 0 amide bonds. The fourth-order valence-corrected chi connectivity index (χ4v) is 1.30. The summed E-state index contributed by atoms with van der Waals surface area (Å²) >= 11 is 0. The van der Waals surface area contributed by atoms with E-state index in [4.69, 9.17) is 9.47 Å². The Bertz CT molecular complexity index is 299. The summed E-state index contributed by atoms with van der Waals surface area (Å²) < 4.78 is 22.8. The zero-order chi connectivity index (χ0) is 10.6. The van der Waals surface area contributed by atoms with Gasteiger partial charge in [-0.05, 0) is 6.07 Å². The summed E-state index contributed by atoms with van der Waals surface area (Å²) in [6, 6.07) is 5.42. The standard InChI is InChI=1S/C11H14FO2/c1-8(7-12)9-5-4-6-10(13-2)11(9)14-3/h4-6H,7H2,1-3H3. The molecule has 0 bridgehead atoms. The molecule has 3 heteroatoms. The van der Waals surface area contributed by atoms with E-state index in [1.807, 2.05) is 12.1 Å². The molecule has 0 saturated carbocycles. The maximum absolute atomic E-state index is 12.5. The van der Waals surface area contributed by atoms with E-state index in [0.29, 0.717) is 17.4 Å². The normalized spacial score (nSPS) is 10.4. The predicted molar refractivity (Wildman–Crippen MR) is 53.5 cm³/mol. The number of halogens is 1. The van der Waals surface area contributed by atoms with Gasteiger partial charge in [-0.1, -0.05) is 19.1 Å². The van der Waals surface area contributed by atoms with Crippen molar-refractivity contribution in [3.05, 3.63) is 29.7 Å². The molecule has 0 aromatic heterocycles. The molecule has 0 aliphatic carbocycles. The minimum absolute atomic E-state index is 0.483. The number of alkyl halides is 1. The number of para-hydroxylation sites is 1. The maximum Gasteiger partial charge on any atom is 0.164 e. The molecule has 0 saturated heterocycles. The molecule has 14 heavy (non-hydrogen) atoms. The van der Waals surface area contributed by atoms with Gasteiger partial charge in [-0.25, -0.2) is 0 Å². The van der Waals surface area contributed by atoms with Gasteiger partial charge in [-0.15, -0.1) is 0 Å². The SMILES string of the molecule is COc1cccc([C](C)CF)c1OC. The van der Waals surface area contributed by atoms with Crippen molar-refractivity contribution in [2.24, 2.45) is 0 Å². The quantitative estimate of drug-likeness (QED) is 0.738. The molecular formula is C11H14FO2. The Morgan fingerprint density at radius 2 is 2.00 bits per heavy atom. The van der Waals surface area contributed by atoms with Crippen LogP contribution >= 0.6 is 0 Å². The predicted octanol–water partition coefficient (Wildman–Crippen LogP) is 2.62. The first-order valence-electron chi connectivity index (χ1n) is 4.34. The number of hydrogen-bond acceptors (Lipinski definition) is 2. The van der Waals surface area contributed by atoms with Gasteiger partial charge in [0.25, 0.3) is 0 Å². The summed E-state index contributed by atoms with van der Waals surface area (Å²) in [6.45, 7) is 1.25. The van der Waals surface area contributed by atoms with Gasteiger partial charge in [0.2, 0.25) is 0 Å². The largest absolute Gasteiger partial charge is 0.493 e. The van der Waals surface area contributed by atoms with E-state index in [-0.39, 0.29) is 0 Å². The van der Waals surface area contributed by atoms with Gasteiger partial charge in [0.15, 0.2) is 11.5 Å². The van der Waals surface area contributed by atoms with E-state index in [2.05, 4.69) is 0 Å². The first kappa shape index (κ1) is 10.8. The van der Waals surface area contributed by atoms with Gasteiger partial charge in [0, 0.05) is 11.5 Å². The van der Waals surface area contributed by atoms with Crippen molar-refractivity contribution < 1.29 is 13.9 Å². The van der Waals surface area contributed by atoms with Crippen LogP contribution in [0.3, 0.4) is 0 Å². The van der Waals surface area contributed by atoms with Crippen molar-refractivity contribution >= 4 is 0 Å². The Morgan fingerprint density at radius 1 is 1.29 bits per heavy atom. The van der Waals surface area contributed by atoms with Crippen molar-refractivity contribution in [3.8, 4) is 11.5 Å². The zero-order valence-corrected chi connectivity index (χ0v) is 8.63. The van der Waals surface area contributed by atoms with Crippen LogP contribution in [0, 0.1) is 5.92 Å². The van der Waals surface area contributed by atoms with Gasteiger partial charge in [-0.3, -0.25) is 4.39 Å². The van der Waals surface area contributed by atoms with Crippen LogP contribution in [0.5, 0.6) is 11.5 Å². The lowest BCUT2D eigenvalue weighted by atomic mass is 10.0. The molecule has 0 fully saturated rings. The van der Waals surface area contributed by atoms with Gasteiger partial charge < -0.3 is 9.47 Å². The van der Waals surface area contributed by atoms with E-state index >= 15 is 0 Å². The third kappa shape index (κ3) is 1.97. The molecule has 0 aliphatic rings. The highest BCUT2D eigenvalue weighted by Gasteiger charge is 2.15. The second-order valence-electron chi connectivity index (χ2n) is 2.96. The lowest BCUT2D eigenvalue weighted by molar-refractivity contribution is 0.351. The van der Waals surface area contributed by atoms with Crippen LogP contribution in [-0.2, 0) is 0 Å². The average molecular weight is 197 g/mol. The Hall–Kier alpha value is -1.25. The van der Waals surface area contributed by atoms with Gasteiger partial charge in [0.05, 0.1) is 20.9 Å². The number of methoxy groups -OCH3 is 2. The van der Waals surface area contributed by atoms with Crippen LogP contribution in [0.2, 0.25) is 0 Å². The van der Waals surface area contributed by atoms with Crippen molar-refractivity contribution in [2.75, 3.05) is 20.9 Å². The third-order valence-electron chi connectivity index (χ3n) is 2.06. The fourth-order valence-electron chi connectivity index (χ4n) is 1.30. The molecule has 0 heterocycles. The average Bonchev–Trinajstić information content (AvgIpc) is 2.26. The van der Waals surface area contributed by atoms with E-state index in [1.165, 1.54) is 0 Å². The smallest absolute Gasteiger partial charge is 0.164 e. The monoisotopic (exact) mass is 197 g/mol. The summed E-state index contributed by atoms with van der Waals surface area (Å²) in [5.74, 6) is 1.85. The molecule has 1 aromatic rings. The Kier molecular flexibility index (Phi) is 3.74. The minimum Gasteiger partial charge on any atom is -0.493 e. The van der Waals surface area contributed by atoms with Crippen LogP contribution < -0.4 is 9.47 Å². The molecule has 0 unspecified atom stereocenters. The van der Waals surface area contributed by atoms with E-state index < -0.39 is 6.67 Å². The molecule has 0 atom stereocenters. The van der Waals surface area contributed by atoms with E-state index in [0.717, 1.165) is 5.56 Å². The molecule has 1 aromatic carbocycles. The topological polar surface area (TPSA) is 18.5 Å². The number of hydrogen-bond donors (Lipinski definition) is 0. The van der Waals surface area contributed by atoms with Crippen LogP contribution in [0.15, 0.2) is 18.2 Å². The number of ether oxygens (including phenoxy) is 2.